The van der Waals surface area contributed by atoms with Crippen LogP contribution in [0.2, 0.25) is 0 Å². The molecule has 0 aromatic rings. The van der Waals surface area contributed by atoms with Crippen LogP contribution in [0, 0.1) is 5.92 Å². The summed E-state index contributed by atoms with van der Waals surface area (Å²) in [6.45, 7) is 5.54. The van der Waals surface area contributed by atoms with E-state index in [4.69, 9.17) is 4.74 Å². The van der Waals surface area contributed by atoms with Crippen LogP contribution >= 0.6 is 0 Å². The van der Waals surface area contributed by atoms with E-state index < -0.39 is 0 Å². The first-order valence-corrected chi connectivity index (χ1v) is 5.30. The van der Waals surface area contributed by atoms with Gasteiger partial charge in [-0.25, -0.2) is 0 Å². The number of ether oxygens (including phenoxy) is 1. The maximum Gasteiger partial charge on any atom is 0.0462 e. The molecule has 0 rings (SSSR count). The van der Waals surface area contributed by atoms with E-state index in [1.165, 1.54) is 38.5 Å². The van der Waals surface area contributed by atoms with Gasteiger partial charge in [0, 0.05) is 13.7 Å². The van der Waals surface area contributed by atoms with E-state index in [9.17, 15) is 0 Å². The maximum atomic E-state index is 5.02. The number of methoxy groups -OCH3 is 1. The molecule has 0 spiro atoms. The number of rotatable bonds is 8. The third-order valence-electron chi connectivity index (χ3n) is 2.35. The number of hydrogen-bond donors (Lipinski definition) is 0. The van der Waals surface area contributed by atoms with Gasteiger partial charge in [-0.3, -0.25) is 0 Å². The third kappa shape index (κ3) is 8.06. The Kier molecular flexibility index (Phi) is 9.02. The summed E-state index contributed by atoms with van der Waals surface area (Å²) in [4.78, 5) is 0. The molecule has 0 aromatic heterocycles. The van der Waals surface area contributed by atoms with Gasteiger partial charge in [0.05, 0.1) is 0 Å². The van der Waals surface area contributed by atoms with Crippen LogP contribution in [0.3, 0.4) is 0 Å². The summed E-state index contributed by atoms with van der Waals surface area (Å²) in [5.41, 5.74) is 0. The van der Waals surface area contributed by atoms with Crippen LogP contribution in [0.25, 0.3) is 0 Å². The molecule has 0 fully saturated rings. The molecule has 0 N–H and O–H groups in total. The fourth-order valence-electron chi connectivity index (χ4n) is 1.46. The Hall–Kier alpha value is -0.0400. The molecular weight excluding hydrogens is 148 g/mol. The molecule has 0 aliphatic heterocycles. The van der Waals surface area contributed by atoms with Gasteiger partial charge in [-0.15, -0.1) is 0 Å². The second-order valence-corrected chi connectivity index (χ2v) is 3.74. The van der Waals surface area contributed by atoms with E-state index >= 15 is 0 Å². The van der Waals surface area contributed by atoms with Gasteiger partial charge in [0.15, 0.2) is 0 Å². The molecule has 0 bridgehead atoms. The van der Waals surface area contributed by atoms with Gasteiger partial charge < -0.3 is 4.74 Å². The third-order valence-corrected chi connectivity index (χ3v) is 2.35. The highest BCUT2D eigenvalue weighted by molar-refractivity contribution is 4.53. The largest absolute Gasteiger partial charge is 0.385 e. The Morgan fingerprint density at radius 3 is 2.33 bits per heavy atom. The molecule has 0 radical (unpaired) electrons. The normalized spacial score (nSPS) is 13.2. The lowest BCUT2D eigenvalue weighted by Crippen LogP contribution is -1.97. The molecule has 0 amide bonds. The quantitative estimate of drug-likeness (QED) is 0.508. The Labute approximate surface area is 77.5 Å². The molecule has 0 aliphatic carbocycles. The standard InChI is InChI=1S/C11H24O/c1-4-5-6-8-11(2)9-7-10-12-3/h11H,4-10H2,1-3H3. The molecule has 12 heavy (non-hydrogen) atoms. The second-order valence-electron chi connectivity index (χ2n) is 3.74. The van der Waals surface area contributed by atoms with Crippen LogP contribution in [0.1, 0.15) is 52.4 Å². The monoisotopic (exact) mass is 172 g/mol. The van der Waals surface area contributed by atoms with Crippen LogP contribution in [-0.2, 0) is 4.74 Å². The van der Waals surface area contributed by atoms with Crippen molar-refractivity contribution in [2.75, 3.05) is 13.7 Å². The van der Waals surface area contributed by atoms with Crippen molar-refractivity contribution in [3.05, 3.63) is 0 Å². The molecule has 0 saturated carbocycles. The minimum Gasteiger partial charge on any atom is -0.385 e. The van der Waals surface area contributed by atoms with E-state index in [2.05, 4.69) is 13.8 Å². The van der Waals surface area contributed by atoms with Gasteiger partial charge in [-0.05, 0) is 18.8 Å². The van der Waals surface area contributed by atoms with Crippen molar-refractivity contribution in [1.82, 2.24) is 0 Å². The van der Waals surface area contributed by atoms with Crippen molar-refractivity contribution in [3.8, 4) is 0 Å². The van der Waals surface area contributed by atoms with E-state index in [0.29, 0.717) is 0 Å². The van der Waals surface area contributed by atoms with Gasteiger partial charge >= 0.3 is 0 Å². The van der Waals surface area contributed by atoms with Crippen molar-refractivity contribution in [2.24, 2.45) is 5.92 Å². The molecule has 1 atom stereocenters. The molecule has 74 valence electrons. The minimum atomic E-state index is 0.895. The highest BCUT2D eigenvalue weighted by Gasteiger charge is 2.00. The Morgan fingerprint density at radius 2 is 1.75 bits per heavy atom. The molecule has 0 aliphatic rings. The van der Waals surface area contributed by atoms with Crippen LogP contribution in [0.15, 0.2) is 0 Å². The topological polar surface area (TPSA) is 9.23 Å². The maximum absolute atomic E-state index is 5.02. The summed E-state index contributed by atoms with van der Waals surface area (Å²) in [6, 6.07) is 0. The van der Waals surface area contributed by atoms with Crippen molar-refractivity contribution < 1.29 is 4.74 Å². The molecule has 0 saturated heterocycles. The lowest BCUT2D eigenvalue weighted by molar-refractivity contribution is 0.187. The molecule has 0 aromatic carbocycles. The summed E-state index contributed by atoms with van der Waals surface area (Å²) in [6.07, 6.45) is 8.10. The van der Waals surface area contributed by atoms with Gasteiger partial charge in [0.1, 0.15) is 0 Å². The Bertz CT molecular complexity index is 71.1. The number of unbranched alkanes of at least 4 members (excludes halogenated alkanes) is 2. The SMILES string of the molecule is CCCCCC(C)CCCOC. The summed E-state index contributed by atoms with van der Waals surface area (Å²) in [7, 11) is 1.78. The highest BCUT2D eigenvalue weighted by atomic mass is 16.5. The highest BCUT2D eigenvalue weighted by Crippen LogP contribution is 2.14. The Balaban J connectivity index is 3.04. The lowest BCUT2D eigenvalue weighted by Gasteiger charge is -2.09. The van der Waals surface area contributed by atoms with Crippen LogP contribution in [0.5, 0.6) is 0 Å². The summed E-state index contributed by atoms with van der Waals surface area (Å²) >= 11 is 0. The van der Waals surface area contributed by atoms with Crippen LogP contribution < -0.4 is 0 Å². The fraction of sp³-hybridized carbons (Fsp3) is 1.00. The first-order valence-electron chi connectivity index (χ1n) is 5.30. The van der Waals surface area contributed by atoms with Crippen LogP contribution in [-0.4, -0.2) is 13.7 Å². The van der Waals surface area contributed by atoms with E-state index in [-0.39, 0.29) is 0 Å². The smallest absolute Gasteiger partial charge is 0.0462 e. The first-order chi connectivity index (χ1) is 5.81. The zero-order valence-corrected chi connectivity index (χ0v) is 8.94. The molecule has 1 nitrogen and oxygen atoms in total. The van der Waals surface area contributed by atoms with E-state index in [1.807, 2.05) is 0 Å². The average Bonchev–Trinajstić information content (AvgIpc) is 2.06. The van der Waals surface area contributed by atoms with Gasteiger partial charge in [-0.2, -0.15) is 0 Å². The fourth-order valence-corrected chi connectivity index (χ4v) is 1.46. The average molecular weight is 172 g/mol. The van der Waals surface area contributed by atoms with Crippen molar-refractivity contribution in [3.63, 3.8) is 0 Å². The van der Waals surface area contributed by atoms with E-state index in [0.717, 1.165) is 12.5 Å². The van der Waals surface area contributed by atoms with Gasteiger partial charge in [0.2, 0.25) is 0 Å². The summed E-state index contributed by atoms with van der Waals surface area (Å²) in [5, 5.41) is 0. The van der Waals surface area contributed by atoms with Crippen molar-refractivity contribution >= 4 is 0 Å². The van der Waals surface area contributed by atoms with Gasteiger partial charge in [-0.1, -0.05) is 39.5 Å². The summed E-state index contributed by atoms with van der Waals surface area (Å²) in [5.74, 6) is 0.895. The second kappa shape index (κ2) is 9.05. The zero-order chi connectivity index (χ0) is 9.23. The molecule has 1 heteroatoms. The first kappa shape index (κ1) is 12.0. The summed E-state index contributed by atoms with van der Waals surface area (Å²) < 4.78 is 5.02. The molecular formula is C11H24O. The minimum absolute atomic E-state index is 0.895. The predicted molar refractivity (Wildman–Crippen MR) is 54.4 cm³/mol. The lowest BCUT2D eigenvalue weighted by atomic mass is 9.99. The number of hydrogen-bond acceptors (Lipinski definition) is 1. The van der Waals surface area contributed by atoms with Crippen LogP contribution in [0.4, 0.5) is 0 Å². The van der Waals surface area contributed by atoms with E-state index in [1.54, 1.807) is 7.11 Å². The molecule has 0 heterocycles. The predicted octanol–water partition coefficient (Wildman–Crippen LogP) is 3.63. The zero-order valence-electron chi connectivity index (χ0n) is 8.94. The van der Waals surface area contributed by atoms with Gasteiger partial charge in [0.25, 0.3) is 0 Å². The van der Waals surface area contributed by atoms with Crippen molar-refractivity contribution in [2.45, 2.75) is 52.4 Å². The molecule has 1 unspecified atom stereocenters. The Morgan fingerprint density at radius 1 is 1.08 bits per heavy atom. The van der Waals surface area contributed by atoms with Crippen molar-refractivity contribution in [1.29, 1.82) is 0 Å².